The van der Waals surface area contributed by atoms with Gasteiger partial charge in [-0.05, 0) is 6.07 Å². The highest BCUT2D eigenvalue weighted by molar-refractivity contribution is 5.77. The molecule has 8 heteroatoms. The Balaban J connectivity index is 2.58. The zero-order chi connectivity index (χ0) is 15.7. The van der Waals surface area contributed by atoms with Crippen molar-refractivity contribution in [3.63, 3.8) is 0 Å². The second kappa shape index (κ2) is 8.12. The molecule has 0 saturated carbocycles. The molecule has 0 aromatic heterocycles. The topological polar surface area (TPSA) is 123 Å². The Bertz CT molecular complexity index is 587. The molecule has 0 aliphatic heterocycles. The summed E-state index contributed by atoms with van der Waals surface area (Å²) < 4.78 is 0. The van der Waals surface area contributed by atoms with Crippen LogP contribution in [0.3, 0.4) is 0 Å². The van der Waals surface area contributed by atoms with E-state index in [2.05, 4.69) is 5.32 Å². The zero-order valence-corrected chi connectivity index (χ0v) is 11.2. The van der Waals surface area contributed by atoms with E-state index in [0.717, 1.165) is 4.90 Å². The largest absolute Gasteiger partial charge is 0.379 e. The van der Waals surface area contributed by atoms with E-state index in [-0.39, 0.29) is 37.6 Å². The average molecular weight is 287 g/mol. The van der Waals surface area contributed by atoms with Gasteiger partial charge in [-0.15, -0.1) is 0 Å². The van der Waals surface area contributed by atoms with Gasteiger partial charge < -0.3 is 10.2 Å². The van der Waals surface area contributed by atoms with Gasteiger partial charge in [0.1, 0.15) is 18.8 Å². The SMILES string of the molecule is N#CCN(CC#N)C(=O)CCNc1ccccc1[N+](=O)[O-]. The van der Waals surface area contributed by atoms with Crippen LogP contribution < -0.4 is 5.32 Å². The fraction of sp³-hybridized carbons (Fsp3) is 0.308. The van der Waals surface area contributed by atoms with E-state index in [9.17, 15) is 14.9 Å². The van der Waals surface area contributed by atoms with Crippen LogP contribution in [-0.2, 0) is 4.79 Å². The number of carbonyl (C=O) groups is 1. The second-order valence-electron chi connectivity index (χ2n) is 4.02. The van der Waals surface area contributed by atoms with Gasteiger partial charge in [-0.1, -0.05) is 12.1 Å². The summed E-state index contributed by atoms with van der Waals surface area (Å²) in [6.45, 7) is -0.132. The van der Waals surface area contributed by atoms with E-state index in [1.54, 1.807) is 18.2 Å². The number of nitro groups is 1. The summed E-state index contributed by atoms with van der Waals surface area (Å²) in [5.74, 6) is -0.357. The minimum atomic E-state index is -0.512. The predicted molar refractivity (Wildman–Crippen MR) is 74.0 cm³/mol. The summed E-state index contributed by atoms with van der Waals surface area (Å²) in [5, 5.41) is 30.8. The average Bonchev–Trinajstić information content (AvgIpc) is 2.47. The van der Waals surface area contributed by atoms with Crippen molar-refractivity contribution in [3.05, 3.63) is 34.4 Å². The van der Waals surface area contributed by atoms with Crippen LogP contribution >= 0.6 is 0 Å². The number of amides is 1. The monoisotopic (exact) mass is 287 g/mol. The first-order valence-corrected chi connectivity index (χ1v) is 6.09. The predicted octanol–water partition coefficient (Wildman–Crippen LogP) is 1.27. The molecule has 1 amide bonds. The van der Waals surface area contributed by atoms with E-state index in [0.29, 0.717) is 5.69 Å². The summed E-state index contributed by atoms with van der Waals surface area (Å²) >= 11 is 0. The standard InChI is InChI=1S/C13H13N5O3/c14-6-9-17(10-7-15)13(19)5-8-16-11-3-1-2-4-12(11)18(20)21/h1-4,16H,5,8-10H2. The molecule has 21 heavy (non-hydrogen) atoms. The summed E-state index contributed by atoms with van der Waals surface area (Å²) in [7, 11) is 0. The molecular weight excluding hydrogens is 274 g/mol. The van der Waals surface area contributed by atoms with Crippen molar-refractivity contribution in [2.75, 3.05) is 25.0 Å². The van der Waals surface area contributed by atoms with Crippen LogP contribution in [0, 0.1) is 32.8 Å². The number of hydrogen-bond donors (Lipinski definition) is 1. The van der Waals surface area contributed by atoms with Crippen molar-refractivity contribution in [1.29, 1.82) is 10.5 Å². The van der Waals surface area contributed by atoms with Crippen LogP contribution in [-0.4, -0.2) is 35.4 Å². The lowest BCUT2D eigenvalue weighted by Crippen LogP contribution is -2.32. The second-order valence-corrected chi connectivity index (χ2v) is 4.02. The molecule has 0 unspecified atom stereocenters. The van der Waals surface area contributed by atoms with Crippen LogP contribution in [0.1, 0.15) is 6.42 Å². The number of nitriles is 2. The maximum atomic E-state index is 11.8. The minimum absolute atomic E-state index is 0.0371. The van der Waals surface area contributed by atoms with Gasteiger partial charge in [-0.3, -0.25) is 14.9 Å². The molecule has 1 aromatic carbocycles. The number of para-hydroxylation sites is 2. The number of hydrogen-bond acceptors (Lipinski definition) is 6. The van der Waals surface area contributed by atoms with Crippen molar-refractivity contribution in [2.24, 2.45) is 0 Å². The van der Waals surface area contributed by atoms with Gasteiger partial charge in [0.15, 0.2) is 0 Å². The van der Waals surface area contributed by atoms with Crippen LogP contribution in [0.15, 0.2) is 24.3 Å². The van der Waals surface area contributed by atoms with Crippen molar-refractivity contribution < 1.29 is 9.72 Å². The van der Waals surface area contributed by atoms with Gasteiger partial charge in [0.25, 0.3) is 5.69 Å². The Kier molecular flexibility index (Phi) is 6.16. The summed E-state index contributed by atoms with van der Waals surface area (Å²) in [6, 6.07) is 9.73. The smallest absolute Gasteiger partial charge is 0.292 e. The molecule has 0 saturated heterocycles. The normalized spacial score (nSPS) is 9.24. The van der Waals surface area contributed by atoms with Crippen LogP contribution in [0.2, 0.25) is 0 Å². The lowest BCUT2D eigenvalue weighted by molar-refractivity contribution is -0.384. The van der Waals surface area contributed by atoms with Crippen molar-refractivity contribution >= 4 is 17.3 Å². The van der Waals surface area contributed by atoms with Crippen molar-refractivity contribution in [2.45, 2.75) is 6.42 Å². The van der Waals surface area contributed by atoms with Gasteiger partial charge in [0.05, 0.1) is 17.1 Å². The molecule has 0 aliphatic rings. The Morgan fingerprint density at radius 1 is 1.29 bits per heavy atom. The number of anilines is 1. The summed E-state index contributed by atoms with van der Waals surface area (Å²) in [5.41, 5.74) is 0.248. The quantitative estimate of drug-likeness (QED) is 0.457. The minimum Gasteiger partial charge on any atom is -0.379 e. The Morgan fingerprint density at radius 2 is 1.90 bits per heavy atom. The number of nitrogens with zero attached hydrogens (tertiary/aromatic N) is 4. The van der Waals surface area contributed by atoms with E-state index in [1.165, 1.54) is 6.07 Å². The van der Waals surface area contributed by atoms with E-state index in [4.69, 9.17) is 10.5 Å². The molecule has 1 rings (SSSR count). The maximum Gasteiger partial charge on any atom is 0.292 e. The third-order valence-electron chi connectivity index (χ3n) is 2.63. The molecule has 8 nitrogen and oxygen atoms in total. The summed E-state index contributed by atoms with van der Waals surface area (Å²) in [4.78, 5) is 23.2. The van der Waals surface area contributed by atoms with Crippen LogP contribution in [0.4, 0.5) is 11.4 Å². The molecule has 0 spiro atoms. The lowest BCUT2D eigenvalue weighted by Gasteiger charge is -2.16. The van der Waals surface area contributed by atoms with Gasteiger partial charge in [0, 0.05) is 19.0 Å². The van der Waals surface area contributed by atoms with Crippen LogP contribution in [0.5, 0.6) is 0 Å². The first kappa shape index (κ1) is 15.9. The van der Waals surface area contributed by atoms with E-state index >= 15 is 0 Å². The van der Waals surface area contributed by atoms with Crippen molar-refractivity contribution in [3.8, 4) is 12.1 Å². The van der Waals surface area contributed by atoms with Gasteiger partial charge in [0.2, 0.25) is 5.91 Å². The molecule has 0 aliphatic carbocycles. The van der Waals surface area contributed by atoms with Gasteiger partial charge in [-0.25, -0.2) is 0 Å². The Hall–Kier alpha value is -3.13. The fourth-order valence-corrected chi connectivity index (χ4v) is 1.65. The highest BCUT2D eigenvalue weighted by Crippen LogP contribution is 2.22. The molecule has 0 bridgehead atoms. The molecule has 108 valence electrons. The number of carbonyl (C=O) groups excluding carboxylic acids is 1. The maximum absolute atomic E-state index is 11.8. The van der Waals surface area contributed by atoms with Crippen molar-refractivity contribution in [1.82, 2.24) is 4.90 Å². The van der Waals surface area contributed by atoms with Crippen LogP contribution in [0.25, 0.3) is 0 Å². The molecule has 0 radical (unpaired) electrons. The number of benzene rings is 1. The third-order valence-corrected chi connectivity index (χ3v) is 2.63. The molecular formula is C13H13N5O3. The van der Waals surface area contributed by atoms with Gasteiger partial charge >= 0.3 is 0 Å². The van der Waals surface area contributed by atoms with E-state index < -0.39 is 4.92 Å². The lowest BCUT2D eigenvalue weighted by atomic mass is 10.2. The highest BCUT2D eigenvalue weighted by Gasteiger charge is 2.14. The molecule has 1 aromatic rings. The molecule has 1 N–H and O–H groups in total. The molecule has 0 fully saturated rings. The summed E-state index contributed by atoms with van der Waals surface area (Å²) in [6.07, 6.45) is 0.0371. The number of nitrogens with one attached hydrogen (secondary N) is 1. The first-order chi connectivity index (χ1) is 10.1. The highest BCUT2D eigenvalue weighted by atomic mass is 16.6. The fourth-order valence-electron chi connectivity index (χ4n) is 1.65. The molecule has 0 atom stereocenters. The number of rotatable bonds is 7. The molecule has 0 heterocycles. The first-order valence-electron chi connectivity index (χ1n) is 6.09. The van der Waals surface area contributed by atoms with Gasteiger partial charge in [-0.2, -0.15) is 10.5 Å². The Labute approximate surface area is 121 Å². The van der Waals surface area contributed by atoms with E-state index in [1.807, 2.05) is 12.1 Å². The number of nitro benzene ring substituents is 1. The zero-order valence-electron chi connectivity index (χ0n) is 11.2. The Morgan fingerprint density at radius 3 is 2.48 bits per heavy atom. The third kappa shape index (κ3) is 4.80.